The molecule has 1 fully saturated rings. The summed E-state index contributed by atoms with van der Waals surface area (Å²) in [4.78, 5) is 16.3. The Hall–Kier alpha value is -1.35. The maximum absolute atomic E-state index is 12.2. The van der Waals surface area contributed by atoms with E-state index in [1.807, 2.05) is 37.4 Å². The van der Waals surface area contributed by atoms with Gasteiger partial charge in [0.05, 0.1) is 0 Å². The molecular weight excluding hydrogens is 236 g/mol. The van der Waals surface area contributed by atoms with Gasteiger partial charge in [0.2, 0.25) is 5.91 Å². The molecule has 0 spiro atoms. The number of hydrogen-bond acceptors (Lipinski definition) is 2. The van der Waals surface area contributed by atoms with E-state index in [2.05, 4.69) is 11.8 Å². The number of likely N-dealkylation sites (tertiary alicyclic amines) is 1. The molecule has 2 rings (SSSR count). The van der Waals surface area contributed by atoms with E-state index >= 15 is 0 Å². The van der Waals surface area contributed by atoms with Gasteiger partial charge in [-0.3, -0.25) is 4.79 Å². The number of carbonyl (C=O) groups excluding carboxylic acids is 1. The molecule has 1 heterocycles. The van der Waals surface area contributed by atoms with Crippen molar-refractivity contribution in [1.82, 2.24) is 4.90 Å². The highest BCUT2D eigenvalue weighted by Crippen LogP contribution is 2.16. The van der Waals surface area contributed by atoms with Crippen LogP contribution >= 0.6 is 0 Å². The predicted octanol–water partition coefficient (Wildman–Crippen LogP) is 2.77. The highest BCUT2D eigenvalue weighted by Gasteiger charge is 2.18. The fourth-order valence-corrected chi connectivity index (χ4v) is 2.71. The molecule has 0 saturated carbocycles. The van der Waals surface area contributed by atoms with Gasteiger partial charge in [-0.2, -0.15) is 0 Å². The summed E-state index contributed by atoms with van der Waals surface area (Å²) in [5.41, 5.74) is 0.972. The molecule has 1 atom stereocenters. The molecule has 0 N–H and O–H groups in total. The van der Waals surface area contributed by atoms with Crippen LogP contribution in [0.2, 0.25) is 0 Å². The van der Waals surface area contributed by atoms with Crippen molar-refractivity contribution >= 4 is 11.6 Å². The zero-order valence-corrected chi connectivity index (χ0v) is 12.0. The molecule has 19 heavy (non-hydrogen) atoms. The summed E-state index contributed by atoms with van der Waals surface area (Å²) in [6.45, 7) is 5.47. The largest absolute Gasteiger partial charge is 0.315 e. The molecule has 1 aromatic rings. The van der Waals surface area contributed by atoms with Crippen molar-refractivity contribution in [2.24, 2.45) is 5.92 Å². The summed E-state index contributed by atoms with van der Waals surface area (Å²) in [7, 11) is 1.86. The maximum atomic E-state index is 12.2. The zero-order chi connectivity index (χ0) is 13.7. The first-order valence-corrected chi connectivity index (χ1v) is 7.21. The fourth-order valence-electron chi connectivity index (χ4n) is 2.71. The number of anilines is 1. The highest BCUT2D eigenvalue weighted by atomic mass is 16.2. The van der Waals surface area contributed by atoms with Gasteiger partial charge in [-0.1, -0.05) is 25.1 Å². The second-order valence-electron chi connectivity index (χ2n) is 5.59. The van der Waals surface area contributed by atoms with Crippen LogP contribution in [-0.4, -0.2) is 37.5 Å². The molecule has 0 aromatic heterocycles. The number of nitrogens with zero attached hydrogens (tertiary/aromatic N) is 2. The summed E-state index contributed by atoms with van der Waals surface area (Å²) in [5, 5.41) is 0. The lowest BCUT2D eigenvalue weighted by atomic mass is 10.0. The number of hydrogen-bond donors (Lipinski definition) is 0. The Morgan fingerprint density at radius 2 is 2.11 bits per heavy atom. The van der Waals surface area contributed by atoms with Crippen LogP contribution in [0.4, 0.5) is 5.69 Å². The average molecular weight is 260 g/mol. The van der Waals surface area contributed by atoms with Crippen molar-refractivity contribution in [2.45, 2.75) is 26.2 Å². The van der Waals surface area contributed by atoms with E-state index in [-0.39, 0.29) is 5.91 Å². The number of carbonyl (C=O) groups is 1. The van der Waals surface area contributed by atoms with E-state index < -0.39 is 0 Å². The van der Waals surface area contributed by atoms with Gasteiger partial charge in [-0.25, -0.2) is 0 Å². The molecule has 0 aliphatic carbocycles. The molecule has 104 valence electrons. The molecule has 1 aliphatic heterocycles. The molecule has 3 nitrogen and oxygen atoms in total. The van der Waals surface area contributed by atoms with Gasteiger partial charge in [-0.05, 0) is 37.4 Å². The Morgan fingerprint density at radius 1 is 1.37 bits per heavy atom. The molecule has 1 aliphatic rings. The molecule has 1 aromatic carbocycles. The summed E-state index contributed by atoms with van der Waals surface area (Å²) in [6.07, 6.45) is 3.20. The second-order valence-corrected chi connectivity index (χ2v) is 5.59. The summed E-state index contributed by atoms with van der Waals surface area (Å²) >= 11 is 0. The first kappa shape index (κ1) is 14.1. The normalized spacial score (nSPS) is 20.2. The van der Waals surface area contributed by atoms with E-state index in [0.717, 1.165) is 31.2 Å². The minimum atomic E-state index is 0.199. The molecule has 0 bridgehead atoms. The molecule has 3 heteroatoms. The summed E-state index contributed by atoms with van der Waals surface area (Å²) in [5.74, 6) is 0.972. The number of rotatable bonds is 4. The lowest BCUT2D eigenvalue weighted by Gasteiger charge is -2.31. The van der Waals surface area contributed by atoms with Crippen molar-refractivity contribution in [2.75, 3.05) is 31.6 Å². The monoisotopic (exact) mass is 260 g/mol. The number of amides is 1. The summed E-state index contributed by atoms with van der Waals surface area (Å²) in [6, 6.07) is 9.84. The molecular formula is C16H24N2O. The second kappa shape index (κ2) is 6.71. The van der Waals surface area contributed by atoms with Crippen LogP contribution in [0.5, 0.6) is 0 Å². The van der Waals surface area contributed by atoms with Crippen molar-refractivity contribution in [3.63, 3.8) is 0 Å². The Morgan fingerprint density at radius 3 is 2.79 bits per heavy atom. The Bertz CT molecular complexity index is 404. The van der Waals surface area contributed by atoms with E-state index in [0.29, 0.717) is 6.42 Å². The van der Waals surface area contributed by atoms with Gasteiger partial charge in [0.15, 0.2) is 0 Å². The fraction of sp³-hybridized carbons (Fsp3) is 0.562. The predicted molar refractivity (Wildman–Crippen MR) is 79.3 cm³/mol. The van der Waals surface area contributed by atoms with Crippen molar-refractivity contribution < 1.29 is 4.79 Å². The standard InChI is InChI=1S/C16H24N2O/c1-14-7-6-11-18(13-14)12-10-16(19)17(2)15-8-4-3-5-9-15/h3-5,8-9,14H,6-7,10-13H2,1-2H3. The minimum absolute atomic E-state index is 0.199. The Labute approximate surface area is 116 Å². The van der Waals surface area contributed by atoms with Crippen LogP contribution in [0.15, 0.2) is 30.3 Å². The molecule has 1 unspecified atom stereocenters. The topological polar surface area (TPSA) is 23.6 Å². The SMILES string of the molecule is CC1CCCN(CCC(=O)N(C)c2ccccc2)C1. The van der Waals surface area contributed by atoms with Crippen LogP contribution < -0.4 is 4.90 Å². The highest BCUT2D eigenvalue weighted by molar-refractivity contribution is 5.92. The Kier molecular flexibility index (Phi) is 4.97. The molecule has 1 saturated heterocycles. The van der Waals surface area contributed by atoms with Crippen LogP contribution in [0.1, 0.15) is 26.2 Å². The first-order chi connectivity index (χ1) is 9.16. The lowest BCUT2D eigenvalue weighted by Crippen LogP contribution is -2.37. The van der Waals surface area contributed by atoms with Gasteiger partial charge in [0.25, 0.3) is 0 Å². The maximum Gasteiger partial charge on any atom is 0.228 e. The van der Waals surface area contributed by atoms with Crippen molar-refractivity contribution in [1.29, 1.82) is 0 Å². The van der Waals surface area contributed by atoms with Gasteiger partial charge in [0, 0.05) is 32.2 Å². The van der Waals surface area contributed by atoms with E-state index in [4.69, 9.17) is 0 Å². The van der Waals surface area contributed by atoms with E-state index in [1.54, 1.807) is 4.90 Å². The van der Waals surface area contributed by atoms with Crippen LogP contribution in [0.3, 0.4) is 0 Å². The quantitative estimate of drug-likeness (QED) is 0.831. The zero-order valence-electron chi connectivity index (χ0n) is 12.0. The lowest BCUT2D eigenvalue weighted by molar-refractivity contribution is -0.118. The van der Waals surface area contributed by atoms with Gasteiger partial charge in [-0.15, -0.1) is 0 Å². The van der Waals surface area contributed by atoms with Crippen molar-refractivity contribution in [3.8, 4) is 0 Å². The van der Waals surface area contributed by atoms with Gasteiger partial charge < -0.3 is 9.80 Å². The number of para-hydroxylation sites is 1. The third-order valence-electron chi connectivity index (χ3n) is 3.90. The Balaban J connectivity index is 1.81. The third-order valence-corrected chi connectivity index (χ3v) is 3.90. The van der Waals surface area contributed by atoms with Gasteiger partial charge in [0.1, 0.15) is 0 Å². The molecule has 0 radical (unpaired) electrons. The third kappa shape index (κ3) is 4.06. The van der Waals surface area contributed by atoms with Crippen molar-refractivity contribution in [3.05, 3.63) is 30.3 Å². The minimum Gasteiger partial charge on any atom is -0.315 e. The number of benzene rings is 1. The van der Waals surface area contributed by atoms with Crippen LogP contribution in [0, 0.1) is 5.92 Å². The van der Waals surface area contributed by atoms with Crippen LogP contribution in [0.25, 0.3) is 0 Å². The molecule has 1 amide bonds. The van der Waals surface area contributed by atoms with E-state index in [9.17, 15) is 4.79 Å². The first-order valence-electron chi connectivity index (χ1n) is 7.21. The average Bonchev–Trinajstić information content (AvgIpc) is 2.45. The smallest absolute Gasteiger partial charge is 0.228 e. The van der Waals surface area contributed by atoms with Crippen LogP contribution in [-0.2, 0) is 4.79 Å². The number of piperidine rings is 1. The van der Waals surface area contributed by atoms with E-state index in [1.165, 1.54) is 12.8 Å². The van der Waals surface area contributed by atoms with Gasteiger partial charge >= 0.3 is 0 Å². The summed E-state index contributed by atoms with van der Waals surface area (Å²) < 4.78 is 0.